The second-order valence-electron chi connectivity index (χ2n) is 9.30. The first-order valence-electron chi connectivity index (χ1n) is 11.8. The minimum Gasteiger partial charge on any atom is -0.342 e. The highest BCUT2D eigenvalue weighted by molar-refractivity contribution is 5.81. The molecule has 0 spiro atoms. The van der Waals surface area contributed by atoms with Crippen molar-refractivity contribution < 1.29 is 4.79 Å². The van der Waals surface area contributed by atoms with E-state index in [1.807, 2.05) is 47.4 Å². The van der Waals surface area contributed by atoms with Crippen LogP contribution in [0.15, 0.2) is 65.6 Å². The maximum absolute atomic E-state index is 12.6. The number of amides is 1. The molecule has 4 aromatic rings. The summed E-state index contributed by atoms with van der Waals surface area (Å²) < 4.78 is 1.65. The van der Waals surface area contributed by atoms with E-state index in [0.29, 0.717) is 24.1 Å². The summed E-state index contributed by atoms with van der Waals surface area (Å²) in [7, 11) is 0. The lowest BCUT2D eigenvalue weighted by atomic mass is 10.0. The number of benzene rings is 2. The first-order chi connectivity index (χ1) is 16.7. The summed E-state index contributed by atoms with van der Waals surface area (Å²) in [5.74, 6) is 1.58. The van der Waals surface area contributed by atoms with Gasteiger partial charge in [-0.1, -0.05) is 30.3 Å². The molecule has 0 radical (unpaired) electrons. The van der Waals surface area contributed by atoms with Gasteiger partial charge in [0, 0.05) is 37.2 Å². The van der Waals surface area contributed by atoms with Gasteiger partial charge in [0.25, 0.3) is 0 Å². The number of hydrogen-bond donors (Lipinski definition) is 2. The van der Waals surface area contributed by atoms with Crippen LogP contribution in [0.1, 0.15) is 25.1 Å². The normalized spacial score (nSPS) is 17.9. The van der Waals surface area contributed by atoms with Gasteiger partial charge in [0.1, 0.15) is 5.82 Å². The smallest absolute Gasteiger partial charge is 0.342 e. The minimum atomic E-state index is -0.243. The van der Waals surface area contributed by atoms with Crippen LogP contribution < -0.4 is 5.69 Å². The first kappa shape index (κ1) is 20.7. The maximum atomic E-state index is 12.6. The van der Waals surface area contributed by atoms with Crippen LogP contribution in [-0.4, -0.2) is 48.9 Å². The van der Waals surface area contributed by atoms with Crippen molar-refractivity contribution >= 4 is 5.91 Å². The Morgan fingerprint density at radius 3 is 2.56 bits per heavy atom. The molecule has 2 aromatic carbocycles. The Bertz CT molecular complexity index is 1370. The summed E-state index contributed by atoms with van der Waals surface area (Å²) in [6, 6.07) is 18.2. The third-order valence-electron chi connectivity index (χ3n) is 6.87. The Balaban J connectivity index is 1.21. The molecule has 2 fully saturated rings. The molecule has 8 nitrogen and oxygen atoms in total. The van der Waals surface area contributed by atoms with Crippen molar-refractivity contribution in [1.29, 1.82) is 0 Å². The van der Waals surface area contributed by atoms with Gasteiger partial charge in [-0.05, 0) is 60.6 Å². The molecule has 1 amide bonds. The van der Waals surface area contributed by atoms with Crippen molar-refractivity contribution in [2.75, 3.05) is 13.1 Å². The fourth-order valence-electron chi connectivity index (χ4n) is 4.86. The predicted octanol–water partition coefficient (Wildman–Crippen LogP) is 3.42. The van der Waals surface area contributed by atoms with Gasteiger partial charge in [0.05, 0.1) is 11.4 Å². The number of likely N-dealkylation sites (tertiary alicyclic amines) is 1. The van der Waals surface area contributed by atoms with E-state index in [1.54, 1.807) is 10.8 Å². The average Bonchev–Trinajstić information content (AvgIpc) is 3.22. The largest absolute Gasteiger partial charge is 0.347 e. The molecule has 2 aromatic heterocycles. The van der Waals surface area contributed by atoms with Crippen LogP contribution in [0.25, 0.3) is 28.1 Å². The van der Waals surface area contributed by atoms with Gasteiger partial charge in [-0.15, -0.1) is 0 Å². The number of aromatic amines is 2. The van der Waals surface area contributed by atoms with Crippen LogP contribution in [0, 0.1) is 11.8 Å². The highest BCUT2D eigenvalue weighted by Gasteiger charge is 2.36. The molecule has 6 rings (SSSR count). The van der Waals surface area contributed by atoms with Gasteiger partial charge in [0.15, 0.2) is 0 Å². The average molecular weight is 455 g/mol. The zero-order chi connectivity index (χ0) is 23.1. The van der Waals surface area contributed by atoms with Crippen LogP contribution >= 0.6 is 0 Å². The maximum Gasteiger partial charge on any atom is 0.347 e. The Labute approximate surface area is 196 Å². The van der Waals surface area contributed by atoms with Gasteiger partial charge in [-0.25, -0.2) is 14.5 Å². The summed E-state index contributed by atoms with van der Waals surface area (Å²) in [5, 5.41) is 13.9. The molecule has 1 aliphatic heterocycles. The lowest BCUT2D eigenvalue weighted by Crippen LogP contribution is -2.30. The van der Waals surface area contributed by atoms with Gasteiger partial charge in [-0.2, -0.15) is 10.2 Å². The number of aromatic nitrogens is 5. The molecule has 0 bridgehead atoms. The number of hydrogen-bond acceptors (Lipinski definition) is 4. The molecular weight excluding hydrogens is 428 g/mol. The highest BCUT2D eigenvalue weighted by atomic mass is 16.2. The molecule has 34 heavy (non-hydrogen) atoms. The monoisotopic (exact) mass is 454 g/mol. The minimum absolute atomic E-state index is 0.243. The Hall–Kier alpha value is -3.94. The van der Waals surface area contributed by atoms with Crippen LogP contribution in [0.3, 0.4) is 0 Å². The first-order valence-corrected chi connectivity index (χ1v) is 11.8. The lowest BCUT2D eigenvalue weighted by molar-refractivity contribution is -0.131. The molecule has 1 saturated carbocycles. The SMILES string of the molecule is O=C(C1CC1)N1CCC(Cc2n[nH]c(=O)n2-c2ccc(-c3cccc(-c4ccn[nH]4)c3)cc2)C1. The third kappa shape index (κ3) is 3.96. The lowest BCUT2D eigenvalue weighted by Gasteiger charge is -2.16. The van der Waals surface area contributed by atoms with Crippen molar-refractivity contribution in [2.24, 2.45) is 11.8 Å². The topological polar surface area (TPSA) is 99.7 Å². The second-order valence-corrected chi connectivity index (χ2v) is 9.30. The fourth-order valence-corrected chi connectivity index (χ4v) is 4.86. The number of rotatable bonds is 6. The van der Waals surface area contributed by atoms with E-state index < -0.39 is 0 Å². The summed E-state index contributed by atoms with van der Waals surface area (Å²) >= 11 is 0. The van der Waals surface area contributed by atoms with E-state index in [2.05, 4.69) is 32.5 Å². The van der Waals surface area contributed by atoms with Crippen LogP contribution in [0.4, 0.5) is 0 Å². The molecule has 2 N–H and O–H groups in total. The van der Waals surface area contributed by atoms with Gasteiger partial charge in [0.2, 0.25) is 5.91 Å². The molecule has 1 atom stereocenters. The zero-order valence-electron chi connectivity index (χ0n) is 18.8. The van der Waals surface area contributed by atoms with Gasteiger partial charge < -0.3 is 4.90 Å². The van der Waals surface area contributed by atoms with E-state index in [4.69, 9.17) is 0 Å². The summed E-state index contributed by atoms with van der Waals surface area (Å²) in [4.78, 5) is 27.0. The molecular formula is C26H26N6O2. The third-order valence-corrected chi connectivity index (χ3v) is 6.87. The van der Waals surface area contributed by atoms with Gasteiger partial charge in [-0.3, -0.25) is 9.89 Å². The molecule has 172 valence electrons. The van der Waals surface area contributed by atoms with E-state index in [9.17, 15) is 9.59 Å². The fraction of sp³-hybridized carbons (Fsp3) is 0.308. The van der Waals surface area contributed by atoms with Crippen molar-refractivity contribution in [2.45, 2.75) is 25.7 Å². The van der Waals surface area contributed by atoms with E-state index in [-0.39, 0.29) is 11.6 Å². The molecule has 1 aliphatic carbocycles. The zero-order valence-corrected chi connectivity index (χ0v) is 18.8. The highest BCUT2D eigenvalue weighted by Crippen LogP contribution is 2.33. The van der Waals surface area contributed by atoms with Gasteiger partial charge >= 0.3 is 5.69 Å². The van der Waals surface area contributed by atoms with E-state index >= 15 is 0 Å². The Morgan fingerprint density at radius 1 is 0.971 bits per heavy atom. The van der Waals surface area contributed by atoms with Crippen molar-refractivity contribution in [3.05, 3.63) is 77.1 Å². The number of carbonyl (C=O) groups excluding carboxylic acids is 1. The molecule has 8 heteroatoms. The molecule has 1 saturated heterocycles. The second kappa shape index (κ2) is 8.44. The number of H-pyrrole nitrogens is 2. The Kier molecular flexibility index (Phi) is 5.13. The number of nitrogens with zero attached hydrogens (tertiary/aromatic N) is 4. The van der Waals surface area contributed by atoms with Crippen molar-refractivity contribution in [3.8, 4) is 28.1 Å². The summed E-state index contributed by atoms with van der Waals surface area (Å²) in [6.07, 6.45) is 5.42. The molecule has 2 aliphatic rings. The summed E-state index contributed by atoms with van der Waals surface area (Å²) in [5.41, 5.74) is 4.73. The van der Waals surface area contributed by atoms with Crippen LogP contribution in [0.5, 0.6) is 0 Å². The molecule has 3 heterocycles. The van der Waals surface area contributed by atoms with E-state index in [1.165, 1.54) is 0 Å². The van der Waals surface area contributed by atoms with Crippen molar-refractivity contribution in [1.82, 2.24) is 29.9 Å². The van der Waals surface area contributed by atoms with Crippen LogP contribution in [-0.2, 0) is 11.2 Å². The van der Waals surface area contributed by atoms with Crippen LogP contribution in [0.2, 0.25) is 0 Å². The number of carbonyl (C=O) groups is 1. The van der Waals surface area contributed by atoms with E-state index in [0.717, 1.165) is 60.4 Å². The standard InChI is InChI=1S/C26H26N6O2/c33-25(19-4-5-19)31-13-11-17(16-31)14-24-29-30-26(34)32(24)22-8-6-18(7-9-22)20-2-1-3-21(15-20)23-10-12-27-28-23/h1-3,6-10,12,15,17,19H,4-5,11,13-14,16H2,(H,27,28)(H,30,34). The predicted molar refractivity (Wildman–Crippen MR) is 128 cm³/mol. The van der Waals surface area contributed by atoms with Crippen molar-refractivity contribution in [3.63, 3.8) is 0 Å². The molecule has 1 unspecified atom stereocenters. The Morgan fingerprint density at radius 2 is 1.79 bits per heavy atom. The summed E-state index contributed by atoms with van der Waals surface area (Å²) in [6.45, 7) is 1.56. The quantitative estimate of drug-likeness (QED) is 0.466. The number of nitrogens with one attached hydrogen (secondary N) is 2.